The van der Waals surface area contributed by atoms with Crippen LogP contribution < -0.4 is 4.90 Å². The molecule has 0 N–H and O–H groups in total. The number of fused-ring (bicyclic) bond motifs is 4. The Hall–Kier alpha value is -3.43. The highest BCUT2D eigenvalue weighted by Gasteiger charge is 2.36. The predicted octanol–water partition coefficient (Wildman–Crippen LogP) is 3.42. The minimum absolute atomic E-state index is 0.111. The van der Waals surface area contributed by atoms with Crippen molar-refractivity contribution in [3.63, 3.8) is 0 Å². The molecule has 3 aromatic heterocycles. The summed E-state index contributed by atoms with van der Waals surface area (Å²) in [7, 11) is 0. The van der Waals surface area contributed by atoms with Gasteiger partial charge in [-0.1, -0.05) is 0 Å². The fourth-order valence-electron chi connectivity index (χ4n) is 5.19. The van der Waals surface area contributed by atoms with Gasteiger partial charge in [0.05, 0.1) is 47.3 Å². The summed E-state index contributed by atoms with van der Waals surface area (Å²) in [6.07, 6.45) is 2.04. The van der Waals surface area contributed by atoms with Crippen LogP contribution in [-0.4, -0.2) is 43.4 Å². The molecule has 0 aromatic carbocycles. The summed E-state index contributed by atoms with van der Waals surface area (Å²) in [5.41, 5.74) is 4.47. The summed E-state index contributed by atoms with van der Waals surface area (Å²) in [5, 5.41) is 27.9. The van der Waals surface area contributed by atoms with Crippen LogP contribution in [-0.2, 0) is 19.5 Å². The van der Waals surface area contributed by atoms with E-state index < -0.39 is 11.2 Å². The van der Waals surface area contributed by atoms with Gasteiger partial charge in [-0.3, -0.25) is 9.58 Å². The van der Waals surface area contributed by atoms with Gasteiger partial charge in [0.1, 0.15) is 17.3 Å². The molecule has 0 saturated carbocycles. The van der Waals surface area contributed by atoms with E-state index in [2.05, 4.69) is 45.6 Å². The number of pyridine rings is 1. The lowest BCUT2D eigenvalue weighted by Crippen LogP contribution is -2.43. The van der Waals surface area contributed by atoms with Crippen molar-refractivity contribution in [3.05, 3.63) is 46.8 Å². The second-order valence-electron chi connectivity index (χ2n) is 9.97. The first-order chi connectivity index (χ1) is 15.7. The fraction of sp³-hybridized carbons (Fsp3) is 0.500. The summed E-state index contributed by atoms with van der Waals surface area (Å²) in [6.45, 7) is 11.0. The predicted molar refractivity (Wildman–Crippen MR) is 121 cm³/mol. The highest BCUT2D eigenvalue weighted by molar-refractivity contribution is 5.75. The Labute approximate surface area is 192 Å². The minimum atomic E-state index is -0.430. The molecule has 0 fully saturated rings. The maximum absolute atomic E-state index is 14.7. The topological polar surface area (TPSA) is 89.2 Å². The van der Waals surface area contributed by atoms with E-state index in [4.69, 9.17) is 5.10 Å². The molecule has 0 aliphatic carbocycles. The number of rotatable bonds is 3. The van der Waals surface area contributed by atoms with Crippen molar-refractivity contribution in [2.24, 2.45) is 5.41 Å². The van der Waals surface area contributed by atoms with Gasteiger partial charge in [-0.25, -0.2) is 8.91 Å². The Morgan fingerprint density at radius 1 is 1.18 bits per heavy atom. The number of aromatic nitrogens is 4. The van der Waals surface area contributed by atoms with Gasteiger partial charge in [-0.05, 0) is 46.2 Å². The lowest BCUT2D eigenvalue weighted by Gasteiger charge is -2.37. The van der Waals surface area contributed by atoms with E-state index >= 15 is 0 Å². The molecule has 0 spiro atoms. The average molecular weight is 447 g/mol. The third-order valence-electron chi connectivity index (χ3n) is 6.87. The molecule has 9 heteroatoms. The number of anilines is 1. The van der Waals surface area contributed by atoms with Crippen LogP contribution in [0.15, 0.2) is 18.3 Å². The van der Waals surface area contributed by atoms with Crippen LogP contribution in [0.5, 0.6) is 0 Å². The molecule has 33 heavy (non-hydrogen) atoms. The van der Waals surface area contributed by atoms with E-state index in [9.17, 15) is 14.9 Å². The van der Waals surface area contributed by atoms with Crippen LogP contribution in [0.2, 0.25) is 0 Å². The SMILES string of the molecule is C[C@@H]1CN(c2ccc(C#N)n3ncc(F)c23)Cc2c3c(nn21)CN(CC(C)(C)C#N)[C@@H](C)C3. The summed E-state index contributed by atoms with van der Waals surface area (Å²) >= 11 is 0. The fourth-order valence-corrected chi connectivity index (χ4v) is 5.19. The maximum atomic E-state index is 14.7. The van der Waals surface area contributed by atoms with Gasteiger partial charge in [-0.2, -0.15) is 20.7 Å². The van der Waals surface area contributed by atoms with E-state index in [0.717, 1.165) is 36.2 Å². The first-order valence-corrected chi connectivity index (χ1v) is 11.3. The smallest absolute Gasteiger partial charge is 0.171 e. The van der Waals surface area contributed by atoms with Gasteiger partial charge in [-0.15, -0.1) is 0 Å². The van der Waals surface area contributed by atoms with Gasteiger partial charge in [0, 0.05) is 31.2 Å². The van der Waals surface area contributed by atoms with Crippen molar-refractivity contribution >= 4 is 11.2 Å². The van der Waals surface area contributed by atoms with Gasteiger partial charge >= 0.3 is 0 Å². The lowest BCUT2D eigenvalue weighted by atomic mass is 9.91. The number of nitriles is 2. The Kier molecular flexibility index (Phi) is 4.91. The molecule has 3 aromatic rings. The molecule has 0 amide bonds. The number of hydrogen-bond donors (Lipinski definition) is 0. The zero-order chi connectivity index (χ0) is 23.5. The highest BCUT2D eigenvalue weighted by atomic mass is 19.1. The van der Waals surface area contributed by atoms with E-state index in [1.54, 1.807) is 6.07 Å². The van der Waals surface area contributed by atoms with E-state index in [1.807, 2.05) is 19.9 Å². The van der Waals surface area contributed by atoms with Crippen LogP contribution in [0.3, 0.4) is 0 Å². The first-order valence-electron chi connectivity index (χ1n) is 11.3. The van der Waals surface area contributed by atoms with Gasteiger partial charge in [0.25, 0.3) is 0 Å². The molecule has 2 aliphatic rings. The molecule has 2 aliphatic heterocycles. The van der Waals surface area contributed by atoms with Crippen molar-refractivity contribution in [3.8, 4) is 12.1 Å². The van der Waals surface area contributed by atoms with Crippen molar-refractivity contribution in [2.45, 2.75) is 59.3 Å². The molecule has 0 bridgehead atoms. The monoisotopic (exact) mass is 446 g/mol. The molecule has 0 unspecified atom stereocenters. The van der Waals surface area contributed by atoms with Crippen LogP contribution in [0, 0.1) is 33.9 Å². The van der Waals surface area contributed by atoms with Gasteiger partial charge in [0.2, 0.25) is 0 Å². The maximum Gasteiger partial charge on any atom is 0.171 e. The van der Waals surface area contributed by atoms with Crippen LogP contribution in [0.25, 0.3) is 5.52 Å². The van der Waals surface area contributed by atoms with Crippen molar-refractivity contribution < 1.29 is 4.39 Å². The van der Waals surface area contributed by atoms with Crippen LogP contribution >= 0.6 is 0 Å². The molecule has 0 radical (unpaired) electrons. The molecule has 5 heterocycles. The number of hydrogen-bond acceptors (Lipinski definition) is 6. The summed E-state index contributed by atoms with van der Waals surface area (Å²) < 4.78 is 18.2. The van der Waals surface area contributed by atoms with Crippen LogP contribution in [0.4, 0.5) is 10.1 Å². The van der Waals surface area contributed by atoms with E-state index in [0.29, 0.717) is 36.9 Å². The zero-order valence-electron chi connectivity index (χ0n) is 19.4. The molecule has 5 rings (SSSR count). The largest absolute Gasteiger partial charge is 0.362 e. The van der Waals surface area contributed by atoms with E-state index in [-0.39, 0.29) is 6.04 Å². The second-order valence-corrected chi connectivity index (χ2v) is 9.97. The third kappa shape index (κ3) is 3.44. The summed E-state index contributed by atoms with van der Waals surface area (Å²) in [6, 6.07) is 8.41. The lowest BCUT2D eigenvalue weighted by molar-refractivity contribution is 0.140. The van der Waals surface area contributed by atoms with E-state index in [1.165, 1.54) is 10.1 Å². The molecule has 8 nitrogen and oxygen atoms in total. The Morgan fingerprint density at radius 2 is 1.97 bits per heavy atom. The zero-order valence-corrected chi connectivity index (χ0v) is 19.4. The Balaban J connectivity index is 1.50. The van der Waals surface area contributed by atoms with Crippen molar-refractivity contribution in [1.29, 1.82) is 10.5 Å². The third-order valence-corrected chi connectivity index (χ3v) is 6.87. The average Bonchev–Trinajstić information content (AvgIpc) is 3.34. The highest BCUT2D eigenvalue weighted by Crippen LogP contribution is 2.36. The Morgan fingerprint density at radius 3 is 2.70 bits per heavy atom. The second kappa shape index (κ2) is 7.57. The molecule has 0 saturated heterocycles. The Bertz CT molecular complexity index is 1320. The molecule has 170 valence electrons. The number of halogens is 1. The van der Waals surface area contributed by atoms with Crippen molar-refractivity contribution in [1.82, 2.24) is 24.3 Å². The molecular weight excluding hydrogens is 419 g/mol. The van der Waals surface area contributed by atoms with Gasteiger partial charge < -0.3 is 4.90 Å². The molecule has 2 atom stereocenters. The minimum Gasteiger partial charge on any atom is -0.362 e. The molecular formula is C24H27FN8. The van der Waals surface area contributed by atoms with Crippen LogP contribution in [0.1, 0.15) is 56.4 Å². The quantitative estimate of drug-likeness (QED) is 0.613. The normalized spacial score (nSPS) is 20.9. The number of nitrogens with zero attached hydrogens (tertiary/aromatic N) is 8. The standard InChI is InChI=1S/C24H27FN8/c1-15-7-18-20(11-31(15)14-24(3,4)13-27)29-32-16(2)10-30(12-22(18)32)21-6-5-17(8-26)33-23(21)19(25)9-28-33/h5-6,9,15-16H,7,10-12,14H2,1-4H3/t15-,16+/m0/s1. The summed E-state index contributed by atoms with van der Waals surface area (Å²) in [4.78, 5) is 4.51. The van der Waals surface area contributed by atoms with Crippen molar-refractivity contribution in [2.75, 3.05) is 18.0 Å². The first kappa shape index (κ1) is 21.4. The summed E-state index contributed by atoms with van der Waals surface area (Å²) in [5.74, 6) is -0.430. The van der Waals surface area contributed by atoms with Gasteiger partial charge in [0.15, 0.2) is 5.82 Å².